The van der Waals surface area contributed by atoms with Crippen molar-refractivity contribution in [2.24, 2.45) is 0 Å². The van der Waals surface area contributed by atoms with Crippen molar-refractivity contribution in [3.63, 3.8) is 0 Å². The lowest BCUT2D eigenvalue weighted by Gasteiger charge is -2.20. The molecule has 0 spiro atoms. The summed E-state index contributed by atoms with van der Waals surface area (Å²) in [5.41, 5.74) is 0.924. The number of hydrogen-bond acceptors (Lipinski definition) is 3. The number of aromatic nitrogens is 1. The van der Waals surface area contributed by atoms with Crippen LogP contribution in [-0.4, -0.2) is 28.5 Å². The summed E-state index contributed by atoms with van der Waals surface area (Å²) in [6.45, 7) is 5.72. The number of thiazole rings is 1. The molecule has 1 saturated heterocycles. The van der Waals surface area contributed by atoms with Gasteiger partial charge in [0.25, 0.3) is 0 Å². The van der Waals surface area contributed by atoms with Gasteiger partial charge in [0.05, 0.1) is 0 Å². The van der Waals surface area contributed by atoms with E-state index < -0.39 is 0 Å². The molecular formula is C13H20N2O2S. The smallest absolute Gasteiger partial charge is 0.308 e. The third-order valence-electron chi connectivity index (χ3n) is 3.63. The molecule has 0 radical (unpaired) electrons. The van der Waals surface area contributed by atoms with E-state index in [4.69, 9.17) is 0 Å². The molecule has 1 fully saturated rings. The van der Waals surface area contributed by atoms with Gasteiger partial charge in [-0.2, -0.15) is 0 Å². The van der Waals surface area contributed by atoms with Crippen LogP contribution >= 0.6 is 11.3 Å². The molecule has 0 unspecified atom stereocenters. The molecule has 1 amide bonds. The number of amides is 1. The van der Waals surface area contributed by atoms with Crippen molar-refractivity contribution in [3.05, 3.63) is 20.2 Å². The van der Waals surface area contributed by atoms with Gasteiger partial charge in [-0.05, 0) is 26.7 Å². The summed E-state index contributed by atoms with van der Waals surface area (Å²) in [7, 11) is 0. The Morgan fingerprint density at radius 1 is 1.17 bits per heavy atom. The van der Waals surface area contributed by atoms with Gasteiger partial charge >= 0.3 is 4.87 Å². The Kier molecular flexibility index (Phi) is 4.22. The van der Waals surface area contributed by atoms with Crippen molar-refractivity contribution in [3.8, 4) is 0 Å². The Labute approximate surface area is 111 Å². The highest BCUT2D eigenvalue weighted by Crippen LogP contribution is 2.12. The fourth-order valence-electron chi connectivity index (χ4n) is 2.33. The van der Waals surface area contributed by atoms with E-state index in [1.165, 1.54) is 24.2 Å². The van der Waals surface area contributed by atoms with Crippen LogP contribution < -0.4 is 4.87 Å². The molecule has 1 aromatic rings. The molecule has 0 bridgehead atoms. The highest BCUT2D eigenvalue weighted by Gasteiger charge is 2.18. The fourth-order valence-corrected chi connectivity index (χ4v) is 3.16. The van der Waals surface area contributed by atoms with E-state index in [0.717, 1.165) is 36.5 Å². The van der Waals surface area contributed by atoms with E-state index >= 15 is 0 Å². The minimum Gasteiger partial charge on any atom is -0.341 e. The largest absolute Gasteiger partial charge is 0.341 e. The van der Waals surface area contributed by atoms with Gasteiger partial charge in [0.15, 0.2) is 0 Å². The number of nitrogens with zero attached hydrogens (tertiary/aromatic N) is 2. The van der Waals surface area contributed by atoms with Gasteiger partial charge in [0.1, 0.15) is 6.54 Å². The SMILES string of the molecule is Cc1sc(=O)n(CC(=O)N2CCCCCC2)c1C. The fraction of sp³-hybridized carbons (Fsp3) is 0.692. The van der Waals surface area contributed by atoms with Gasteiger partial charge in [0.2, 0.25) is 5.91 Å². The summed E-state index contributed by atoms with van der Waals surface area (Å²) < 4.78 is 1.60. The van der Waals surface area contributed by atoms with Crippen LogP contribution in [0.25, 0.3) is 0 Å². The molecule has 0 atom stereocenters. The summed E-state index contributed by atoms with van der Waals surface area (Å²) >= 11 is 1.23. The van der Waals surface area contributed by atoms with Crippen LogP contribution in [0, 0.1) is 13.8 Å². The van der Waals surface area contributed by atoms with Crippen LogP contribution in [0.3, 0.4) is 0 Å². The van der Waals surface area contributed by atoms with E-state index in [1.807, 2.05) is 18.7 Å². The molecule has 5 heteroatoms. The lowest BCUT2D eigenvalue weighted by Crippen LogP contribution is -2.36. The molecule has 0 aliphatic carbocycles. The Morgan fingerprint density at radius 2 is 1.78 bits per heavy atom. The number of carbonyl (C=O) groups is 1. The summed E-state index contributed by atoms with van der Waals surface area (Å²) in [4.78, 5) is 26.9. The van der Waals surface area contributed by atoms with Crippen LogP contribution in [0.5, 0.6) is 0 Å². The minimum atomic E-state index is -0.0202. The molecule has 2 rings (SSSR count). The maximum Gasteiger partial charge on any atom is 0.308 e. The first-order valence-corrected chi connectivity index (χ1v) is 7.36. The van der Waals surface area contributed by atoms with E-state index in [-0.39, 0.29) is 17.3 Å². The summed E-state index contributed by atoms with van der Waals surface area (Å²) in [6, 6.07) is 0. The summed E-state index contributed by atoms with van der Waals surface area (Å²) in [5.74, 6) is 0.0832. The van der Waals surface area contributed by atoms with Crippen LogP contribution in [0.4, 0.5) is 0 Å². The van der Waals surface area contributed by atoms with Crippen molar-refractivity contribution in [2.45, 2.75) is 46.1 Å². The standard InChI is InChI=1S/C13H20N2O2S/c1-10-11(2)18-13(17)15(10)9-12(16)14-7-5-3-4-6-8-14/h3-9H2,1-2H3. The number of aryl methyl sites for hydroxylation is 1. The Bertz CT molecular complexity index is 482. The lowest BCUT2D eigenvalue weighted by molar-refractivity contribution is -0.131. The number of carbonyl (C=O) groups excluding carboxylic acids is 1. The van der Waals surface area contributed by atoms with Crippen molar-refractivity contribution in [2.75, 3.05) is 13.1 Å². The third-order valence-corrected chi connectivity index (χ3v) is 4.62. The van der Waals surface area contributed by atoms with Crippen LogP contribution in [0.1, 0.15) is 36.3 Å². The molecule has 1 aliphatic rings. The molecular weight excluding hydrogens is 248 g/mol. The number of rotatable bonds is 2. The summed E-state index contributed by atoms with van der Waals surface area (Å²) in [5, 5.41) is 0. The second kappa shape index (κ2) is 5.69. The Morgan fingerprint density at radius 3 is 2.28 bits per heavy atom. The first kappa shape index (κ1) is 13.3. The zero-order valence-electron chi connectivity index (χ0n) is 11.1. The minimum absolute atomic E-state index is 0.0202. The van der Waals surface area contributed by atoms with Gasteiger partial charge in [-0.15, -0.1) is 0 Å². The van der Waals surface area contributed by atoms with Gasteiger partial charge in [-0.3, -0.25) is 14.2 Å². The zero-order valence-corrected chi connectivity index (χ0v) is 11.9. The predicted octanol–water partition coefficient (Wildman–Crippen LogP) is 1.93. The maximum absolute atomic E-state index is 12.2. The van der Waals surface area contributed by atoms with E-state index in [9.17, 15) is 9.59 Å². The highest BCUT2D eigenvalue weighted by molar-refractivity contribution is 7.09. The van der Waals surface area contributed by atoms with E-state index in [2.05, 4.69) is 0 Å². The average molecular weight is 268 g/mol. The molecule has 1 aliphatic heterocycles. The third kappa shape index (κ3) is 2.83. The van der Waals surface area contributed by atoms with Gasteiger partial charge in [-0.1, -0.05) is 24.2 Å². The quantitative estimate of drug-likeness (QED) is 0.822. The second-order valence-corrected chi connectivity index (χ2v) is 6.06. The topological polar surface area (TPSA) is 42.3 Å². The van der Waals surface area contributed by atoms with Crippen LogP contribution in [0.2, 0.25) is 0 Å². The molecule has 2 heterocycles. The van der Waals surface area contributed by atoms with Crippen molar-refractivity contribution in [1.29, 1.82) is 0 Å². The van der Waals surface area contributed by atoms with E-state index in [1.54, 1.807) is 4.57 Å². The van der Waals surface area contributed by atoms with Crippen molar-refractivity contribution >= 4 is 17.2 Å². The Balaban J connectivity index is 2.08. The van der Waals surface area contributed by atoms with Crippen LogP contribution in [0.15, 0.2) is 4.79 Å². The lowest BCUT2D eigenvalue weighted by atomic mass is 10.2. The molecule has 1 aromatic heterocycles. The first-order chi connectivity index (χ1) is 8.59. The molecule has 0 saturated carbocycles. The molecule has 18 heavy (non-hydrogen) atoms. The van der Waals surface area contributed by atoms with Gasteiger partial charge in [0, 0.05) is 23.7 Å². The van der Waals surface area contributed by atoms with Gasteiger partial charge < -0.3 is 4.90 Å². The number of likely N-dealkylation sites (tertiary alicyclic amines) is 1. The van der Waals surface area contributed by atoms with Gasteiger partial charge in [-0.25, -0.2) is 0 Å². The molecule has 4 nitrogen and oxygen atoms in total. The van der Waals surface area contributed by atoms with E-state index in [0.29, 0.717) is 0 Å². The maximum atomic E-state index is 12.2. The second-order valence-electron chi connectivity index (χ2n) is 4.89. The zero-order chi connectivity index (χ0) is 13.1. The van der Waals surface area contributed by atoms with Crippen molar-refractivity contribution < 1.29 is 4.79 Å². The first-order valence-electron chi connectivity index (χ1n) is 6.54. The van der Waals surface area contributed by atoms with Crippen LogP contribution in [-0.2, 0) is 11.3 Å². The predicted molar refractivity (Wildman–Crippen MR) is 73.1 cm³/mol. The summed E-state index contributed by atoms with van der Waals surface area (Å²) in [6.07, 6.45) is 4.59. The Hall–Kier alpha value is -1.10. The molecule has 0 aromatic carbocycles. The molecule has 0 N–H and O–H groups in total. The normalized spacial score (nSPS) is 16.7. The monoisotopic (exact) mass is 268 g/mol. The van der Waals surface area contributed by atoms with Crippen molar-refractivity contribution in [1.82, 2.24) is 9.47 Å². The number of hydrogen-bond donors (Lipinski definition) is 0. The average Bonchev–Trinajstić information content (AvgIpc) is 2.58. The highest BCUT2D eigenvalue weighted by atomic mass is 32.1. The molecule has 100 valence electrons.